The Labute approximate surface area is 168 Å². The molecule has 6 nitrogen and oxygen atoms in total. The molecule has 2 fully saturated rings. The average Bonchev–Trinajstić information content (AvgIpc) is 2.97. The van der Waals surface area contributed by atoms with Gasteiger partial charge in [-0.15, -0.1) is 0 Å². The van der Waals surface area contributed by atoms with Gasteiger partial charge in [-0.25, -0.2) is 0 Å². The summed E-state index contributed by atoms with van der Waals surface area (Å²) in [5, 5.41) is 8.71. The van der Waals surface area contributed by atoms with E-state index in [0.29, 0.717) is 6.04 Å². The zero-order chi connectivity index (χ0) is 20.9. The van der Waals surface area contributed by atoms with Crippen molar-refractivity contribution >= 4 is 11.8 Å². The van der Waals surface area contributed by atoms with E-state index < -0.39 is 17.6 Å². The van der Waals surface area contributed by atoms with Crippen LogP contribution >= 0.6 is 0 Å². The number of carbonyl (C=O) groups excluding carboxylic acids is 2. The van der Waals surface area contributed by atoms with Crippen molar-refractivity contribution < 1.29 is 22.8 Å². The molecule has 0 bridgehead atoms. The van der Waals surface area contributed by atoms with Crippen molar-refractivity contribution in [3.05, 3.63) is 35.4 Å². The van der Waals surface area contributed by atoms with Gasteiger partial charge in [-0.3, -0.25) is 14.5 Å². The molecule has 0 spiro atoms. The van der Waals surface area contributed by atoms with E-state index in [4.69, 9.17) is 0 Å². The Morgan fingerprint density at radius 2 is 2.00 bits per heavy atom. The molecular formula is C20H27F3N4O2. The number of halogens is 3. The van der Waals surface area contributed by atoms with E-state index in [2.05, 4.69) is 20.9 Å². The van der Waals surface area contributed by atoms with Crippen molar-refractivity contribution in [1.29, 1.82) is 0 Å². The SMILES string of the molecule is O=C(CNC(=O)c1cccc(C(F)(F)F)c1)N[C@@H]1CCN([C@@H]2CCCNCC2)C1. The first kappa shape index (κ1) is 21.6. The summed E-state index contributed by atoms with van der Waals surface area (Å²) in [6, 6.07) is 4.72. The van der Waals surface area contributed by atoms with E-state index in [-0.39, 0.29) is 24.1 Å². The minimum atomic E-state index is -4.52. The summed E-state index contributed by atoms with van der Waals surface area (Å²) < 4.78 is 38.3. The van der Waals surface area contributed by atoms with Crippen molar-refractivity contribution in [2.45, 2.75) is 43.9 Å². The third kappa shape index (κ3) is 6.17. The highest BCUT2D eigenvalue weighted by Gasteiger charge is 2.31. The quantitative estimate of drug-likeness (QED) is 0.689. The van der Waals surface area contributed by atoms with E-state index in [9.17, 15) is 22.8 Å². The molecule has 2 aliphatic heterocycles. The van der Waals surface area contributed by atoms with E-state index >= 15 is 0 Å². The predicted octanol–water partition coefficient (Wildman–Crippen LogP) is 1.77. The topological polar surface area (TPSA) is 73.5 Å². The number of likely N-dealkylation sites (tertiary alicyclic amines) is 1. The lowest BCUT2D eigenvalue weighted by Crippen LogP contribution is -2.44. The van der Waals surface area contributed by atoms with Crippen molar-refractivity contribution in [3.8, 4) is 0 Å². The zero-order valence-corrected chi connectivity index (χ0v) is 16.2. The minimum Gasteiger partial charge on any atom is -0.350 e. The van der Waals surface area contributed by atoms with E-state index in [1.54, 1.807) is 0 Å². The highest BCUT2D eigenvalue weighted by Crippen LogP contribution is 2.29. The summed E-state index contributed by atoms with van der Waals surface area (Å²) in [6.45, 7) is 3.53. The van der Waals surface area contributed by atoms with Gasteiger partial charge in [0, 0.05) is 30.7 Å². The molecule has 2 heterocycles. The van der Waals surface area contributed by atoms with Crippen molar-refractivity contribution in [2.24, 2.45) is 0 Å². The standard InChI is InChI=1S/C20H27F3N4O2/c21-20(22,23)15-4-1-3-14(11-15)19(29)25-12-18(28)26-16-7-10-27(13-16)17-5-2-8-24-9-6-17/h1,3-4,11,16-17,24H,2,5-10,12-13H2,(H,25,29)(H,26,28)/t16-,17-/m1/s1. The van der Waals surface area contributed by atoms with Crippen LogP contribution in [0.1, 0.15) is 41.6 Å². The lowest BCUT2D eigenvalue weighted by Gasteiger charge is -2.26. The van der Waals surface area contributed by atoms with Gasteiger partial charge in [0.2, 0.25) is 5.91 Å². The molecule has 0 saturated carbocycles. The highest BCUT2D eigenvalue weighted by atomic mass is 19.4. The van der Waals surface area contributed by atoms with Crippen LogP contribution in [-0.4, -0.2) is 61.5 Å². The summed E-state index contributed by atoms with van der Waals surface area (Å²) >= 11 is 0. The van der Waals surface area contributed by atoms with Gasteiger partial charge in [0.1, 0.15) is 0 Å². The lowest BCUT2D eigenvalue weighted by molar-refractivity contribution is -0.137. The first-order valence-corrected chi connectivity index (χ1v) is 10.0. The Kier molecular flexibility index (Phi) is 7.13. The Balaban J connectivity index is 1.44. The second-order valence-electron chi connectivity index (χ2n) is 7.64. The van der Waals surface area contributed by atoms with Crippen molar-refractivity contribution in [1.82, 2.24) is 20.9 Å². The number of alkyl halides is 3. The molecule has 160 valence electrons. The fourth-order valence-corrected chi connectivity index (χ4v) is 3.98. The maximum atomic E-state index is 12.8. The van der Waals surface area contributed by atoms with Crippen LogP contribution in [0, 0.1) is 0 Å². The van der Waals surface area contributed by atoms with Crippen LogP contribution in [0.3, 0.4) is 0 Å². The summed E-state index contributed by atoms with van der Waals surface area (Å²) in [5.41, 5.74) is -1.02. The van der Waals surface area contributed by atoms with Crippen LogP contribution in [-0.2, 0) is 11.0 Å². The Morgan fingerprint density at radius 1 is 1.17 bits per heavy atom. The van der Waals surface area contributed by atoms with Gasteiger partial charge in [0.25, 0.3) is 5.91 Å². The predicted molar refractivity (Wildman–Crippen MR) is 102 cm³/mol. The van der Waals surface area contributed by atoms with Crippen LogP contribution in [0.4, 0.5) is 13.2 Å². The number of amides is 2. The molecule has 9 heteroatoms. The minimum absolute atomic E-state index is 0.0316. The van der Waals surface area contributed by atoms with Crippen LogP contribution < -0.4 is 16.0 Å². The van der Waals surface area contributed by atoms with Gasteiger partial charge >= 0.3 is 6.18 Å². The van der Waals surface area contributed by atoms with Crippen LogP contribution in [0.5, 0.6) is 0 Å². The summed E-state index contributed by atoms with van der Waals surface area (Å²) in [4.78, 5) is 26.7. The Bertz CT molecular complexity index is 718. The molecule has 2 amide bonds. The second-order valence-corrected chi connectivity index (χ2v) is 7.64. The Morgan fingerprint density at radius 3 is 2.79 bits per heavy atom. The summed E-state index contributed by atoms with van der Waals surface area (Å²) in [6.07, 6.45) is -0.249. The van der Waals surface area contributed by atoms with Crippen LogP contribution in [0.2, 0.25) is 0 Å². The second kappa shape index (κ2) is 9.58. The monoisotopic (exact) mass is 412 g/mol. The molecule has 29 heavy (non-hydrogen) atoms. The van der Waals surface area contributed by atoms with E-state index in [0.717, 1.165) is 64.0 Å². The lowest BCUT2D eigenvalue weighted by atomic mass is 10.1. The highest BCUT2D eigenvalue weighted by molar-refractivity contribution is 5.96. The molecule has 0 aliphatic carbocycles. The Hall–Kier alpha value is -2.13. The maximum absolute atomic E-state index is 12.8. The van der Waals surface area contributed by atoms with Crippen LogP contribution in [0.15, 0.2) is 24.3 Å². The number of carbonyl (C=O) groups is 2. The summed E-state index contributed by atoms with van der Waals surface area (Å²) in [7, 11) is 0. The molecule has 0 aromatic heterocycles. The van der Waals surface area contributed by atoms with Gasteiger partial charge < -0.3 is 16.0 Å². The number of hydrogen-bond acceptors (Lipinski definition) is 4. The molecule has 0 radical (unpaired) electrons. The molecule has 0 unspecified atom stereocenters. The number of nitrogens with one attached hydrogen (secondary N) is 3. The van der Waals surface area contributed by atoms with Crippen molar-refractivity contribution in [3.63, 3.8) is 0 Å². The van der Waals surface area contributed by atoms with Gasteiger partial charge in [0.05, 0.1) is 12.1 Å². The molecular weight excluding hydrogens is 385 g/mol. The fourth-order valence-electron chi connectivity index (χ4n) is 3.98. The molecule has 3 rings (SSSR count). The van der Waals surface area contributed by atoms with Crippen molar-refractivity contribution in [2.75, 3.05) is 32.7 Å². The van der Waals surface area contributed by atoms with Gasteiger partial charge in [-0.1, -0.05) is 6.07 Å². The van der Waals surface area contributed by atoms with Gasteiger partial charge in [0.15, 0.2) is 0 Å². The summed E-state index contributed by atoms with van der Waals surface area (Å²) in [5.74, 6) is -1.04. The van der Waals surface area contributed by atoms with E-state index in [1.807, 2.05) is 0 Å². The molecule has 1 aromatic carbocycles. The zero-order valence-electron chi connectivity index (χ0n) is 16.2. The largest absolute Gasteiger partial charge is 0.416 e. The third-order valence-electron chi connectivity index (χ3n) is 5.51. The molecule has 2 saturated heterocycles. The van der Waals surface area contributed by atoms with Gasteiger partial charge in [-0.2, -0.15) is 13.2 Å². The molecule has 2 aliphatic rings. The smallest absolute Gasteiger partial charge is 0.350 e. The first-order valence-electron chi connectivity index (χ1n) is 10.0. The average molecular weight is 412 g/mol. The maximum Gasteiger partial charge on any atom is 0.416 e. The number of hydrogen-bond donors (Lipinski definition) is 3. The third-order valence-corrected chi connectivity index (χ3v) is 5.51. The van der Waals surface area contributed by atoms with Crippen LogP contribution in [0.25, 0.3) is 0 Å². The molecule has 1 aromatic rings. The normalized spacial score (nSPS) is 23.4. The molecule has 2 atom stereocenters. The van der Waals surface area contributed by atoms with Gasteiger partial charge in [-0.05, 0) is 57.0 Å². The number of rotatable bonds is 5. The van der Waals surface area contributed by atoms with E-state index in [1.165, 1.54) is 12.1 Å². The number of benzene rings is 1. The fraction of sp³-hybridized carbons (Fsp3) is 0.600. The first-order chi connectivity index (χ1) is 13.8. The molecule has 3 N–H and O–H groups in total. The number of nitrogens with zero attached hydrogens (tertiary/aromatic N) is 1.